The van der Waals surface area contributed by atoms with Gasteiger partial charge in [0.1, 0.15) is 11.5 Å². The normalized spacial score (nSPS) is 10.8. The molecule has 24 heavy (non-hydrogen) atoms. The number of hydrogen-bond acceptors (Lipinski definition) is 4. The summed E-state index contributed by atoms with van der Waals surface area (Å²) in [6, 6.07) is 14.8. The molecular formula is C20H28N2O2. The maximum atomic E-state index is 6.00. The van der Waals surface area contributed by atoms with Crippen molar-refractivity contribution in [3.05, 3.63) is 48.5 Å². The topological polar surface area (TPSA) is 70.5 Å². The van der Waals surface area contributed by atoms with Gasteiger partial charge < -0.3 is 20.9 Å². The van der Waals surface area contributed by atoms with E-state index in [2.05, 4.69) is 6.92 Å². The highest BCUT2D eigenvalue weighted by atomic mass is 16.7. The highest BCUT2D eigenvalue weighted by Crippen LogP contribution is 2.22. The molecule has 0 bridgehead atoms. The lowest BCUT2D eigenvalue weighted by Gasteiger charge is -2.21. The van der Waals surface area contributed by atoms with Crippen molar-refractivity contribution in [1.82, 2.24) is 0 Å². The number of unbranched alkanes of at least 4 members (excludes halogenated alkanes) is 4. The number of rotatable bonds is 10. The second-order valence-corrected chi connectivity index (χ2v) is 6.01. The van der Waals surface area contributed by atoms with Crippen molar-refractivity contribution in [2.75, 3.05) is 11.5 Å². The van der Waals surface area contributed by atoms with E-state index >= 15 is 0 Å². The zero-order valence-electron chi connectivity index (χ0n) is 14.4. The summed E-state index contributed by atoms with van der Waals surface area (Å²) in [5.74, 6) is 1.44. The Labute approximate surface area is 144 Å². The molecule has 0 aromatic heterocycles. The van der Waals surface area contributed by atoms with Crippen LogP contribution in [-0.4, -0.2) is 6.29 Å². The van der Waals surface area contributed by atoms with Crippen LogP contribution in [0, 0.1) is 0 Å². The van der Waals surface area contributed by atoms with Crippen LogP contribution in [0.5, 0.6) is 11.5 Å². The minimum absolute atomic E-state index is 0.352. The average Bonchev–Trinajstić information content (AvgIpc) is 2.54. The van der Waals surface area contributed by atoms with E-state index in [1.807, 2.05) is 48.5 Å². The predicted molar refractivity (Wildman–Crippen MR) is 100 cm³/mol. The van der Waals surface area contributed by atoms with Crippen LogP contribution < -0.4 is 20.9 Å². The van der Waals surface area contributed by atoms with E-state index in [0.717, 1.165) is 24.3 Å². The lowest BCUT2D eigenvalue weighted by molar-refractivity contribution is -0.00235. The van der Waals surface area contributed by atoms with Gasteiger partial charge in [-0.1, -0.05) is 44.7 Å². The molecule has 0 saturated carbocycles. The molecule has 0 amide bonds. The lowest BCUT2D eigenvalue weighted by Crippen LogP contribution is -2.24. The van der Waals surface area contributed by atoms with E-state index in [-0.39, 0.29) is 6.29 Å². The van der Waals surface area contributed by atoms with E-state index in [0.29, 0.717) is 11.4 Å². The standard InChI is InChI=1S/C20H28N2O2/c1-2-3-4-5-6-13-20(23-18-11-7-9-16(21)14-18)24-19-12-8-10-17(22)15-19/h7-12,14-15,20H,2-6,13,21-22H2,1H3. The van der Waals surface area contributed by atoms with E-state index in [9.17, 15) is 0 Å². The van der Waals surface area contributed by atoms with Crippen LogP contribution in [0.3, 0.4) is 0 Å². The van der Waals surface area contributed by atoms with Gasteiger partial charge in [0.15, 0.2) is 0 Å². The van der Waals surface area contributed by atoms with E-state index in [4.69, 9.17) is 20.9 Å². The fraction of sp³-hybridized carbons (Fsp3) is 0.400. The summed E-state index contributed by atoms with van der Waals surface area (Å²) >= 11 is 0. The van der Waals surface area contributed by atoms with E-state index in [1.54, 1.807) is 0 Å². The molecular weight excluding hydrogens is 300 g/mol. The summed E-state index contributed by atoms with van der Waals surface area (Å²) in [5.41, 5.74) is 13.0. The number of benzene rings is 2. The number of ether oxygens (including phenoxy) is 2. The number of nitrogens with two attached hydrogens (primary N) is 2. The molecule has 0 aliphatic carbocycles. The summed E-state index contributed by atoms with van der Waals surface area (Å²) in [4.78, 5) is 0. The van der Waals surface area contributed by atoms with E-state index in [1.165, 1.54) is 25.7 Å². The average molecular weight is 328 g/mol. The number of nitrogen functional groups attached to an aromatic ring is 2. The molecule has 4 nitrogen and oxygen atoms in total. The molecule has 2 aromatic carbocycles. The molecule has 0 radical (unpaired) electrons. The third-order valence-electron chi connectivity index (χ3n) is 3.79. The van der Waals surface area contributed by atoms with Gasteiger partial charge in [-0.05, 0) is 30.7 Å². The van der Waals surface area contributed by atoms with E-state index < -0.39 is 0 Å². The molecule has 0 unspecified atom stereocenters. The van der Waals surface area contributed by atoms with Crippen molar-refractivity contribution in [3.8, 4) is 11.5 Å². The van der Waals surface area contributed by atoms with Crippen LogP contribution in [0.2, 0.25) is 0 Å². The van der Waals surface area contributed by atoms with Crippen LogP contribution >= 0.6 is 0 Å². The summed E-state index contributed by atoms with van der Waals surface area (Å²) < 4.78 is 12.0. The highest BCUT2D eigenvalue weighted by molar-refractivity contribution is 5.44. The molecule has 0 aliphatic heterocycles. The summed E-state index contributed by atoms with van der Waals surface area (Å²) in [6.07, 6.45) is 6.49. The Morgan fingerprint density at radius 1 is 0.792 bits per heavy atom. The SMILES string of the molecule is CCCCCCCC(Oc1cccc(N)c1)Oc1cccc(N)c1. The number of hydrogen-bond donors (Lipinski definition) is 2. The first-order valence-corrected chi connectivity index (χ1v) is 8.72. The zero-order valence-corrected chi connectivity index (χ0v) is 14.4. The molecule has 0 fully saturated rings. The first-order valence-electron chi connectivity index (χ1n) is 8.72. The third kappa shape index (κ3) is 6.41. The minimum Gasteiger partial charge on any atom is -0.455 e. The summed E-state index contributed by atoms with van der Waals surface area (Å²) in [7, 11) is 0. The van der Waals surface area contributed by atoms with Crippen molar-refractivity contribution in [3.63, 3.8) is 0 Å². The molecule has 0 aliphatic rings. The predicted octanol–water partition coefficient (Wildman–Crippen LogP) is 5.00. The van der Waals surface area contributed by atoms with Crippen LogP contribution in [0.25, 0.3) is 0 Å². The second kappa shape index (κ2) is 9.71. The Balaban J connectivity index is 1.97. The first-order chi connectivity index (χ1) is 11.7. The summed E-state index contributed by atoms with van der Waals surface area (Å²) in [6.45, 7) is 2.22. The van der Waals surface area contributed by atoms with Crippen molar-refractivity contribution < 1.29 is 9.47 Å². The quantitative estimate of drug-likeness (QED) is 0.366. The van der Waals surface area contributed by atoms with Gasteiger partial charge in [0, 0.05) is 29.9 Å². The number of anilines is 2. The van der Waals surface area contributed by atoms with Crippen LogP contribution in [-0.2, 0) is 0 Å². The van der Waals surface area contributed by atoms with Crippen LogP contribution in [0.4, 0.5) is 11.4 Å². The van der Waals surface area contributed by atoms with Crippen LogP contribution in [0.1, 0.15) is 45.4 Å². The van der Waals surface area contributed by atoms with Gasteiger partial charge >= 0.3 is 0 Å². The zero-order chi connectivity index (χ0) is 17.2. The molecule has 0 atom stereocenters. The van der Waals surface area contributed by atoms with Gasteiger partial charge in [0.25, 0.3) is 0 Å². The fourth-order valence-electron chi connectivity index (χ4n) is 2.54. The van der Waals surface area contributed by atoms with Gasteiger partial charge in [-0.3, -0.25) is 0 Å². The minimum atomic E-state index is -0.352. The second-order valence-electron chi connectivity index (χ2n) is 6.01. The Morgan fingerprint density at radius 3 is 1.83 bits per heavy atom. The Morgan fingerprint density at radius 2 is 1.33 bits per heavy atom. The van der Waals surface area contributed by atoms with Crippen molar-refractivity contribution in [2.45, 2.75) is 51.7 Å². The monoisotopic (exact) mass is 328 g/mol. The molecule has 2 aromatic rings. The summed E-state index contributed by atoms with van der Waals surface area (Å²) in [5, 5.41) is 0. The van der Waals surface area contributed by atoms with Crippen LogP contribution in [0.15, 0.2) is 48.5 Å². The Bertz CT molecular complexity index is 569. The maximum absolute atomic E-state index is 6.00. The van der Waals surface area contributed by atoms with Gasteiger partial charge in [-0.25, -0.2) is 0 Å². The molecule has 4 heteroatoms. The Kier molecular flexibility index (Phi) is 7.27. The maximum Gasteiger partial charge on any atom is 0.241 e. The first kappa shape index (κ1) is 18.0. The van der Waals surface area contributed by atoms with Gasteiger partial charge in [-0.15, -0.1) is 0 Å². The molecule has 4 N–H and O–H groups in total. The van der Waals surface area contributed by atoms with Crippen molar-refractivity contribution in [2.24, 2.45) is 0 Å². The van der Waals surface area contributed by atoms with Gasteiger partial charge in [-0.2, -0.15) is 0 Å². The fourth-order valence-corrected chi connectivity index (χ4v) is 2.54. The lowest BCUT2D eigenvalue weighted by atomic mass is 10.1. The molecule has 0 spiro atoms. The van der Waals surface area contributed by atoms with Crippen molar-refractivity contribution >= 4 is 11.4 Å². The molecule has 2 rings (SSSR count). The smallest absolute Gasteiger partial charge is 0.241 e. The van der Waals surface area contributed by atoms with Gasteiger partial charge in [0.2, 0.25) is 6.29 Å². The molecule has 0 saturated heterocycles. The third-order valence-corrected chi connectivity index (χ3v) is 3.79. The Hall–Kier alpha value is -2.36. The molecule has 0 heterocycles. The highest BCUT2D eigenvalue weighted by Gasteiger charge is 2.13. The molecule has 130 valence electrons. The van der Waals surface area contributed by atoms with Crippen molar-refractivity contribution in [1.29, 1.82) is 0 Å². The van der Waals surface area contributed by atoms with Gasteiger partial charge in [0.05, 0.1) is 0 Å². The largest absolute Gasteiger partial charge is 0.455 e.